The van der Waals surface area contributed by atoms with Crippen molar-refractivity contribution in [2.45, 2.75) is 107 Å². The molecule has 4 nitrogen and oxygen atoms in total. The topological polar surface area (TPSA) is 59.3 Å². The molecule has 4 aliphatic rings. The molecule has 0 aromatic rings. The van der Waals surface area contributed by atoms with Crippen molar-refractivity contribution in [1.29, 1.82) is 5.26 Å². The lowest BCUT2D eigenvalue weighted by molar-refractivity contribution is -0.172. The molecule has 0 aromatic carbocycles. The van der Waals surface area contributed by atoms with Crippen LogP contribution >= 0.6 is 0 Å². The molecule has 3 atom stereocenters. The quantitative estimate of drug-likeness (QED) is 0.555. The predicted octanol–water partition coefficient (Wildman–Crippen LogP) is 5.50. The lowest BCUT2D eigenvalue weighted by atomic mass is 9.55. The third kappa shape index (κ3) is 1.55. The van der Waals surface area contributed by atoms with Gasteiger partial charge in [0.15, 0.2) is 5.60 Å². The van der Waals surface area contributed by atoms with Crippen molar-refractivity contribution in [2.75, 3.05) is 0 Å². The Kier molecular flexibility index (Phi) is 3.58. The van der Waals surface area contributed by atoms with Crippen molar-refractivity contribution in [3.63, 3.8) is 0 Å². The Balaban J connectivity index is 2.42. The monoisotopic (exact) mass is 389 g/mol. The standard InChI is InChI=1S/C24H39NO3/c1-16(2,3)22-21(15(26)27-19(10,11)12)20(13,14-25)28-24(22,18(7,8)9)23(21,22)17(4,5)6/h1-13H3/t20-,21?,22?,23?,24?/m1/s1. The molecule has 2 saturated heterocycles. The highest BCUT2D eigenvalue weighted by Crippen LogP contribution is 3.17. The molecule has 0 radical (unpaired) electrons. The fraction of sp³-hybridized carbons (Fsp3) is 0.917. The summed E-state index contributed by atoms with van der Waals surface area (Å²) in [5, 5.41) is 10.3. The number of nitrogens with zero attached hydrogens (tertiary/aromatic N) is 1. The minimum Gasteiger partial charge on any atom is -0.459 e. The maximum Gasteiger partial charge on any atom is 0.318 e. The average molecular weight is 390 g/mol. The van der Waals surface area contributed by atoms with Gasteiger partial charge in [-0.15, -0.1) is 0 Å². The van der Waals surface area contributed by atoms with Gasteiger partial charge in [-0.25, -0.2) is 0 Å². The van der Waals surface area contributed by atoms with Gasteiger partial charge >= 0.3 is 5.97 Å². The minimum absolute atomic E-state index is 0.228. The van der Waals surface area contributed by atoms with E-state index in [1.165, 1.54) is 0 Å². The normalized spacial score (nSPS) is 44.6. The molecule has 2 aliphatic heterocycles. The Morgan fingerprint density at radius 3 is 1.46 bits per heavy atom. The van der Waals surface area contributed by atoms with Crippen LogP contribution in [0.1, 0.15) is 90.0 Å². The molecule has 4 heteroatoms. The van der Waals surface area contributed by atoms with Crippen LogP contribution in [0.2, 0.25) is 0 Å². The summed E-state index contributed by atoms with van der Waals surface area (Å²) in [6.07, 6.45) is 0. The van der Waals surface area contributed by atoms with Crippen molar-refractivity contribution < 1.29 is 14.3 Å². The van der Waals surface area contributed by atoms with E-state index in [1.807, 2.05) is 27.7 Å². The molecule has 0 amide bonds. The van der Waals surface area contributed by atoms with Gasteiger partial charge in [-0.05, 0) is 43.9 Å². The zero-order chi connectivity index (χ0) is 22.2. The predicted molar refractivity (Wildman–Crippen MR) is 109 cm³/mol. The smallest absolute Gasteiger partial charge is 0.318 e. The SMILES string of the molecule is CC(C)(C)OC(=O)C12C3(C(C)(C)C)C(C(C)(C)C)(O[C@]1(C)C#N)C32C(C)(C)C. The third-order valence-corrected chi connectivity index (χ3v) is 7.92. The molecule has 4 rings (SSSR count). The number of fused-ring (bicyclic) bond motifs is 1. The number of ether oxygens (including phenoxy) is 2. The summed E-state index contributed by atoms with van der Waals surface area (Å²) in [4.78, 5) is 13.9. The molecule has 2 heterocycles. The van der Waals surface area contributed by atoms with E-state index in [4.69, 9.17) is 9.47 Å². The molecular formula is C24H39NO3. The first-order valence-corrected chi connectivity index (χ1v) is 10.5. The number of esters is 1. The summed E-state index contributed by atoms with van der Waals surface area (Å²) in [5.74, 6) is -0.272. The zero-order valence-corrected chi connectivity index (χ0v) is 20.2. The van der Waals surface area contributed by atoms with Crippen molar-refractivity contribution in [1.82, 2.24) is 0 Å². The second-order valence-electron chi connectivity index (χ2n) is 13.4. The summed E-state index contributed by atoms with van der Waals surface area (Å²) in [5.41, 5.74) is -4.98. The van der Waals surface area contributed by atoms with Crippen LogP contribution in [0.5, 0.6) is 0 Å². The maximum atomic E-state index is 13.9. The van der Waals surface area contributed by atoms with Crippen LogP contribution in [0.25, 0.3) is 0 Å². The van der Waals surface area contributed by atoms with Gasteiger partial charge in [0.25, 0.3) is 0 Å². The van der Waals surface area contributed by atoms with Crippen LogP contribution < -0.4 is 0 Å². The van der Waals surface area contributed by atoms with Gasteiger partial charge < -0.3 is 9.47 Å². The maximum absolute atomic E-state index is 13.9. The highest BCUT2D eigenvalue weighted by atomic mass is 16.6. The Bertz CT molecular complexity index is 764. The molecule has 0 aromatic heterocycles. The molecule has 2 bridgehead atoms. The van der Waals surface area contributed by atoms with Crippen molar-refractivity contribution in [2.24, 2.45) is 32.5 Å². The summed E-state index contributed by atoms with van der Waals surface area (Å²) in [6.45, 7) is 27.2. The van der Waals surface area contributed by atoms with Gasteiger partial charge in [0, 0.05) is 10.8 Å². The molecule has 2 unspecified atom stereocenters. The Hall–Kier alpha value is -1.08. The Labute approximate surface area is 171 Å². The highest BCUT2D eigenvalue weighted by molar-refractivity contribution is 5.97. The first-order valence-electron chi connectivity index (χ1n) is 10.5. The van der Waals surface area contributed by atoms with E-state index < -0.39 is 33.0 Å². The molecule has 0 spiro atoms. The summed E-state index contributed by atoms with van der Waals surface area (Å²) >= 11 is 0. The molecular weight excluding hydrogens is 350 g/mol. The first-order chi connectivity index (χ1) is 12.1. The molecule has 4 fully saturated rings. The number of hydrogen-bond acceptors (Lipinski definition) is 4. The number of rotatable bonds is 1. The van der Waals surface area contributed by atoms with E-state index in [0.717, 1.165) is 0 Å². The number of carbonyl (C=O) groups is 1. The summed E-state index contributed by atoms with van der Waals surface area (Å²) in [6, 6.07) is 2.43. The van der Waals surface area contributed by atoms with Crippen LogP contribution in [-0.2, 0) is 14.3 Å². The summed E-state index contributed by atoms with van der Waals surface area (Å²) in [7, 11) is 0. The van der Waals surface area contributed by atoms with Gasteiger partial charge in [0.2, 0.25) is 0 Å². The highest BCUT2D eigenvalue weighted by Gasteiger charge is 3.27. The van der Waals surface area contributed by atoms with Gasteiger partial charge in [-0.3, -0.25) is 4.79 Å². The van der Waals surface area contributed by atoms with E-state index in [9.17, 15) is 10.1 Å². The van der Waals surface area contributed by atoms with E-state index in [1.54, 1.807) is 0 Å². The van der Waals surface area contributed by atoms with E-state index in [-0.39, 0.29) is 22.2 Å². The van der Waals surface area contributed by atoms with Crippen LogP contribution in [0, 0.1) is 43.8 Å². The zero-order valence-electron chi connectivity index (χ0n) is 20.2. The van der Waals surface area contributed by atoms with Crippen LogP contribution in [0.4, 0.5) is 0 Å². The summed E-state index contributed by atoms with van der Waals surface area (Å²) < 4.78 is 12.8. The van der Waals surface area contributed by atoms with E-state index in [2.05, 4.69) is 68.4 Å². The van der Waals surface area contributed by atoms with Gasteiger partial charge in [0.1, 0.15) is 11.0 Å². The number of hydrogen-bond donors (Lipinski definition) is 0. The fourth-order valence-corrected chi connectivity index (χ4v) is 8.36. The van der Waals surface area contributed by atoms with Crippen molar-refractivity contribution in [3.05, 3.63) is 0 Å². The molecule has 158 valence electrons. The first kappa shape index (κ1) is 21.6. The van der Waals surface area contributed by atoms with Gasteiger partial charge in [-0.2, -0.15) is 5.26 Å². The van der Waals surface area contributed by atoms with Crippen LogP contribution in [0.3, 0.4) is 0 Å². The van der Waals surface area contributed by atoms with Gasteiger partial charge in [-0.1, -0.05) is 62.3 Å². The second-order valence-corrected chi connectivity index (χ2v) is 13.4. The van der Waals surface area contributed by atoms with Crippen LogP contribution in [-0.4, -0.2) is 22.8 Å². The van der Waals surface area contributed by atoms with E-state index >= 15 is 0 Å². The largest absolute Gasteiger partial charge is 0.459 e. The van der Waals surface area contributed by atoms with E-state index in [0.29, 0.717) is 0 Å². The Morgan fingerprint density at radius 2 is 1.21 bits per heavy atom. The van der Waals surface area contributed by atoms with Crippen molar-refractivity contribution >= 4 is 5.97 Å². The fourth-order valence-electron chi connectivity index (χ4n) is 8.36. The molecule has 2 saturated carbocycles. The number of carbonyl (C=O) groups excluding carboxylic acids is 1. The number of nitriles is 1. The Morgan fingerprint density at radius 1 is 0.821 bits per heavy atom. The lowest BCUT2D eigenvalue weighted by Crippen LogP contribution is -2.55. The van der Waals surface area contributed by atoms with Crippen LogP contribution in [0.15, 0.2) is 0 Å². The molecule has 0 N–H and O–H groups in total. The lowest BCUT2D eigenvalue weighted by Gasteiger charge is -2.46. The third-order valence-electron chi connectivity index (χ3n) is 7.92. The average Bonchev–Trinajstić information content (AvgIpc) is 3.15. The minimum atomic E-state index is -1.22. The molecule has 2 aliphatic carbocycles. The second kappa shape index (κ2) is 4.64. The van der Waals surface area contributed by atoms with Gasteiger partial charge in [0.05, 0.1) is 11.7 Å². The molecule has 28 heavy (non-hydrogen) atoms. The van der Waals surface area contributed by atoms with Crippen molar-refractivity contribution in [3.8, 4) is 6.07 Å².